The number of piperidine rings is 1. The van der Waals surface area contributed by atoms with E-state index in [4.69, 9.17) is 15.9 Å². The molecule has 3 aromatic rings. The van der Waals surface area contributed by atoms with Gasteiger partial charge in [0.05, 0.1) is 12.0 Å². The molecule has 1 amide bonds. The molecule has 4 N–H and O–H groups in total. The van der Waals surface area contributed by atoms with Gasteiger partial charge in [-0.2, -0.15) is 0 Å². The van der Waals surface area contributed by atoms with Crippen molar-refractivity contribution in [2.75, 3.05) is 20.2 Å². The molecule has 202 valence electrons. The summed E-state index contributed by atoms with van der Waals surface area (Å²) < 4.78 is 1.47. The molecule has 0 unspecified atom stereocenters. The summed E-state index contributed by atoms with van der Waals surface area (Å²) in [5.41, 5.74) is 6.11. The third-order valence-corrected chi connectivity index (χ3v) is 6.14. The Hall–Kier alpha value is -3.52. The van der Waals surface area contributed by atoms with Gasteiger partial charge in [-0.3, -0.25) is 20.2 Å². The molecule has 8 nitrogen and oxygen atoms in total. The smallest absolute Gasteiger partial charge is 0.253 e. The standard InChI is InChI=1S/C24H28N6O.2C2H6.CH4O/c1-15-4-5-20(12-21(15)23-16(2)27-17(3)28-23)24(31)29-9-6-18(7-10-29)19-8-11-30(14-25)22(26)13-19;3*1-2/h4-5,8,11-14,18,25-26H,6-7,9-10H2,1-3H3,(H,27,28);2*1-2H3;2H,1H3. The molecule has 0 spiro atoms. The van der Waals surface area contributed by atoms with Crippen LogP contribution in [0.3, 0.4) is 0 Å². The Labute approximate surface area is 221 Å². The Bertz CT molecular complexity index is 1200. The van der Waals surface area contributed by atoms with E-state index in [-0.39, 0.29) is 5.91 Å². The first-order valence-corrected chi connectivity index (χ1v) is 13.0. The fourth-order valence-corrected chi connectivity index (χ4v) is 4.37. The molecule has 0 atom stereocenters. The van der Waals surface area contributed by atoms with Crippen molar-refractivity contribution in [1.29, 1.82) is 10.8 Å². The summed E-state index contributed by atoms with van der Waals surface area (Å²) in [6.45, 7) is 15.4. The topological polar surface area (TPSA) is 122 Å². The third kappa shape index (κ3) is 7.73. The number of H-pyrrole nitrogens is 1. The molecular formula is C29H44N6O2. The van der Waals surface area contributed by atoms with E-state index in [1.807, 2.05) is 83.7 Å². The second-order valence-electron chi connectivity index (χ2n) is 8.27. The molecule has 1 aromatic carbocycles. The van der Waals surface area contributed by atoms with E-state index >= 15 is 0 Å². The molecule has 0 saturated carbocycles. The van der Waals surface area contributed by atoms with Crippen LogP contribution in [0, 0.1) is 31.6 Å². The predicted molar refractivity (Wildman–Crippen MR) is 151 cm³/mol. The molecular weight excluding hydrogens is 464 g/mol. The van der Waals surface area contributed by atoms with Crippen LogP contribution in [0.25, 0.3) is 11.3 Å². The Kier molecular flexibility index (Phi) is 13.3. The van der Waals surface area contributed by atoms with Crippen molar-refractivity contribution in [2.24, 2.45) is 0 Å². The van der Waals surface area contributed by atoms with Gasteiger partial charge < -0.3 is 15.0 Å². The van der Waals surface area contributed by atoms with Crippen molar-refractivity contribution < 1.29 is 9.90 Å². The Morgan fingerprint density at radius 3 is 2.19 bits per heavy atom. The van der Waals surface area contributed by atoms with E-state index in [1.165, 1.54) is 4.57 Å². The van der Waals surface area contributed by atoms with Crippen molar-refractivity contribution in [3.05, 3.63) is 70.2 Å². The normalized spacial score (nSPS) is 12.7. The zero-order chi connectivity index (χ0) is 28.1. The summed E-state index contributed by atoms with van der Waals surface area (Å²) in [5, 5.41) is 22.3. The highest BCUT2D eigenvalue weighted by Gasteiger charge is 2.25. The number of aromatic nitrogens is 3. The molecule has 1 saturated heterocycles. The van der Waals surface area contributed by atoms with Gasteiger partial charge in [-0.15, -0.1) is 0 Å². The summed E-state index contributed by atoms with van der Waals surface area (Å²) in [6.07, 6.45) is 4.64. The summed E-state index contributed by atoms with van der Waals surface area (Å²) in [7, 11) is 1.00. The van der Waals surface area contributed by atoms with Crippen LogP contribution in [0.15, 0.2) is 36.5 Å². The number of nitrogens with one attached hydrogen (secondary N) is 3. The lowest BCUT2D eigenvalue weighted by molar-refractivity contribution is 0.0713. The maximum absolute atomic E-state index is 13.2. The number of aromatic amines is 1. The lowest BCUT2D eigenvalue weighted by atomic mass is 9.89. The number of nitrogens with zero attached hydrogens (tertiary/aromatic N) is 3. The number of hydrogen-bond acceptors (Lipinski definition) is 5. The van der Waals surface area contributed by atoms with Gasteiger partial charge in [0, 0.05) is 43.2 Å². The number of carbonyl (C=O) groups excluding carboxylic acids is 1. The Morgan fingerprint density at radius 2 is 1.68 bits per heavy atom. The zero-order valence-electron chi connectivity index (χ0n) is 23.6. The van der Waals surface area contributed by atoms with Gasteiger partial charge >= 0.3 is 0 Å². The number of imidazole rings is 1. The first-order valence-electron chi connectivity index (χ1n) is 13.0. The number of aliphatic hydroxyl groups excluding tert-OH is 1. The van der Waals surface area contributed by atoms with E-state index in [0.717, 1.165) is 60.2 Å². The summed E-state index contributed by atoms with van der Waals surface area (Å²) in [6, 6.07) is 9.67. The molecule has 0 radical (unpaired) electrons. The first kappa shape index (κ1) is 31.5. The highest BCUT2D eigenvalue weighted by atomic mass is 16.2. The first-order chi connectivity index (χ1) is 17.9. The predicted octanol–water partition coefficient (Wildman–Crippen LogP) is 5.42. The molecule has 4 rings (SSSR count). The largest absolute Gasteiger partial charge is 0.400 e. The quantitative estimate of drug-likeness (QED) is 0.278. The van der Waals surface area contributed by atoms with E-state index < -0.39 is 0 Å². The van der Waals surface area contributed by atoms with Gasteiger partial charge in [0.15, 0.2) is 0 Å². The molecule has 1 fully saturated rings. The monoisotopic (exact) mass is 508 g/mol. The number of benzene rings is 1. The van der Waals surface area contributed by atoms with Crippen LogP contribution < -0.4 is 5.49 Å². The Balaban J connectivity index is 0.00000106. The molecule has 37 heavy (non-hydrogen) atoms. The number of likely N-dealkylation sites (tertiary alicyclic amines) is 1. The highest BCUT2D eigenvalue weighted by Crippen LogP contribution is 2.30. The molecule has 0 aliphatic carbocycles. The number of carbonyl (C=O) groups is 1. The number of aryl methyl sites for hydroxylation is 3. The van der Waals surface area contributed by atoms with Crippen molar-refractivity contribution in [2.45, 2.75) is 67.2 Å². The number of amides is 1. The number of pyridine rings is 1. The van der Waals surface area contributed by atoms with Crippen molar-refractivity contribution in [3.8, 4) is 11.3 Å². The van der Waals surface area contributed by atoms with E-state index in [0.29, 0.717) is 30.1 Å². The summed E-state index contributed by atoms with van der Waals surface area (Å²) >= 11 is 0. The maximum atomic E-state index is 13.2. The molecule has 1 aliphatic heterocycles. The van der Waals surface area contributed by atoms with Gasteiger partial charge in [-0.05, 0) is 74.9 Å². The zero-order valence-corrected chi connectivity index (χ0v) is 23.6. The lowest BCUT2D eigenvalue weighted by Gasteiger charge is -2.32. The van der Waals surface area contributed by atoms with Gasteiger partial charge in [-0.25, -0.2) is 4.98 Å². The molecule has 2 aromatic heterocycles. The average molecular weight is 509 g/mol. The minimum atomic E-state index is 0.0560. The van der Waals surface area contributed by atoms with E-state index in [9.17, 15) is 4.79 Å². The van der Waals surface area contributed by atoms with Crippen LogP contribution in [0.5, 0.6) is 0 Å². The fourth-order valence-electron chi connectivity index (χ4n) is 4.37. The number of hydrogen-bond donors (Lipinski definition) is 4. The van der Waals surface area contributed by atoms with Gasteiger partial charge in [0.2, 0.25) is 0 Å². The lowest BCUT2D eigenvalue weighted by Crippen LogP contribution is -2.38. The minimum absolute atomic E-state index is 0.0560. The van der Waals surface area contributed by atoms with Crippen LogP contribution in [0.2, 0.25) is 0 Å². The second-order valence-corrected chi connectivity index (χ2v) is 8.27. The maximum Gasteiger partial charge on any atom is 0.253 e. The number of aliphatic hydroxyl groups is 1. The van der Waals surface area contributed by atoms with Crippen LogP contribution in [-0.2, 0) is 0 Å². The Morgan fingerprint density at radius 1 is 1.05 bits per heavy atom. The number of rotatable bonds is 4. The van der Waals surface area contributed by atoms with Crippen LogP contribution in [0.1, 0.15) is 79.5 Å². The van der Waals surface area contributed by atoms with Crippen molar-refractivity contribution in [3.63, 3.8) is 0 Å². The second kappa shape index (κ2) is 15.6. The van der Waals surface area contributed by atoms with Gasteiger partial charge in [0.1, 0.15) is 11.3 Å². The molecule has 1 aliphatic rings. The third-order valence-electron chi connectivity index (χ3n) is 6.14. The highest BCUT2D eigenvalue weighted by molar-refractivity contribution is 5.95. The molecule has 3 heterocycles. The van der Waals surface area contributed by atoms with E-state index in [2.05, 4.69) is 9.97 Å². The molecule has 0 bridgehead atoms. The van der Waals surface area contributed by atoms with Gasteiger partial charge in [0.25, 0.3) is 5.91 Å². The van der Waals surface area contributed by atoms with Crippen molar-refractivity contribution in [1.82, 2.24) is 19.4 Å². The average Bonchev–Trinajstić information content (AvgIpc) is 3.29. The fraction of sp³-hybridized carbons (Fsp3) is 0.448. The summed E-state index contributed by atoms with van der Waals surface area (Å²) in [5.74, 6) is 1.26. The molecule has 8 heteroatoms. The van der Waals surface area contributed by atoms with Crippen molar-refractivity contribution >= 4 is 12.2 Å². The van der Waals surface area contributed by atoms with Crippen LogP contribution in [-0.4, -0.2) is 57.0 Å². The van der Waals surface area contributed by atoms with Crippen LogP contribution >= 0.6 is 0 Å². The summed E-state index contributed by atoms with van der Waals surface area (Å²) in [4.78, 5) is 23.0. The van der Waals surface area contributed by atoms with Gasteiger partial charge in [-0.1, -0.05) is 33.8 Å². The minimum Gasteiger partial charge on any atom is -0.400 e. The van der Waals surface area contributed by atoms with E-state index in [1.54, 1.807) is 6.20 Å². The SMILES string of the molecule is CC.CC.CO.Cc1nc(-c2cc(C(=O)N3CCC(c4ccn(C=N)c(=N)c4)CC3)ccc2C)c(C)[nH]1. The van der Waals surface area contributed by atoms with Crippen LogP contribution in [0.4, 0.5) is 0 Å².